The van der Waals surface area contributed by atoms with Gasteiger partial charge in [-0.15, -0.1) is 0 Å². The molecule has 2 aromatic carbocycles. The lowest BCUT2D eigenvalue weighted by atomic mass is 10.2. The maximum Gasteiger partial charge on any atom is 0.260 e. The lowest BCUT2D eigenvalue weighted by Gasteiger charge is -2.11. The average Bonchev–Trinajstić information content (AvgIpc) is 3.26. The molecule has 0 saturated carbocycles. The molecule has 7 heteroatoms. The number of hydrogen-bond donors (Lipinski definition) is 3. The number of nitrogens with one attached hydrogen (secondary N) is 3. The van der Waals surface area contributed by atoms with Crippen molar-refractivity contribution in [1.82, 2.24) is 9.97 Å². The third kappa shape index (κ3) is 3.18. The molecule has 0 aliphatic rings. The van der Waals surface area contributed by atoms with Crippen LogP contribution in [0.25, 0.3) is 22.0 Å². The van der Waals surface area contributed by atoms with Crippen molar-refractivity contribution in [2.45, 2.75) is 0 Å². The van der Waals surface area contributed by atoms with Crippen LogP contribution in [0.5, 0.6) is 0 Å². The van der Waals surface area contributed by atoms with E-state index in [1.807, 2.05) is 48.5 Å². The van der Waals surface area contributed by atoms with E-state index in [-0.39, 0.29) is 11.5 Å². The summed E-state index contributed by atoms with van der Waals surface area (Å²) in [4.78, 5) is 31.5. The summed E-state index contributed by atoms with van der Waals surface area (Å²) in [5, 5.41) is 7.36. The summed E-state index contributed by atoms with van der Waals surface area (Å²) in [5.74, 6) is -0.166. The smallest absolute Gasteiger partial charge is 0.260 e. The van der Waals surface area contributed by atoms with Crippen molar-refractivity contribution in [1.29, 1.82) is 0 Å². The molecule has 3 heterocycles. The van der Waals surface area contributed by atoms with E-state index in [4.69, 9.17) is 4.42 Å². The van der Waals surface area contributed by atoms with E-state index in [2.05, 4.69) is 20.6 Å². The highest BCUT2D eigenvalue weighted by atomic mass is 16.3. The molecule has 30 heavy (non-hydrogen) atoms. The topological polar surface area (TPSA) is 100 Å². The fourth-order valence-corrected chi connectivity index (χ4v) is 3.33. The fourth-order valence-electron chi connectivity index (χ4n) is 3.33. The summed E-state index contributed by atoms with van der Waals surface area (Å²) in [6.07, 6.45) is 3.10. The number of carbonyl (C=O) groups is 1. The van der Waals surface area contributed by atoms with E-state index < -0.39 is 0 Å². The van der Waals surface area contributed by atoms with E-state index in [1.54, 1.807) is 24.4 Å². The van der Waals surface area contributed by atoms with Crippen molar-refractivity contribution in [3.05, 3.63) is 95.1 Å². The summed E-state index contributed by atoms with van der Waals surface area (Å²) < 4.78 is 5.55. The van der Waals surface area contributed by atoms with Crippen LogP contribution in [0.2, 0.25) is 0 Å². The molecule has 1 amide bonds. The monoisotopic (exact) mass is 396 g/mol. The first-order valence-electron chi connectivity index (χ1n) is 9.31. The number of amides is 1. The van der Waals surface area contributed by atoms with Crippen LogP contribution < -0.4 is 16.2 Å². The summed E-state index contributed by atoms with van der Waals surface area (Å²) in [7, 11) is 0. The molecule has 0 aliphatic carbocycles. The number of carbonyl (C=O) groups excluding carboxylic acids is 1. The Hall–Kier alpha value is -4.39. The molecule has 0 fully saturated rings. The third-order valence-electron chi connectivity index (χ3n) is 4.78. The van der Waals surface area contributed by atoms with Gasteiger partial charge in [0.25, 0.3) is 11.5 Å². The number of furan rings is 1. The first kappa shape index (κ1) is 17.7. The van der Waals surface area contributed by atoms with Crippen molar-refractivity contribution in [2.75, 3.05) is 10.6 Å². The number of nitrogens with zero attached hydrogens (tertiary/aromatic N) is 1. The number of aromatic nitrogens is 2. The molecule has 5 aromatic rings. The van der Waals surface area contributed by atoms with E-state index >= 15 is 0 Å². The first-order chi connectivity index (χ1) is 14.7. The molecule has 0 bridgehead atoms. The molecule has 3 N–H and O–H groups in total. The Kier molecular flexibility index (Phi) is 4.25. The molecule has 3 aromatic heterocycles. The zero-order valence-corrected chi connectivity index (χ0v) is 15.7. The van der Waals surface area contributed by atoms with Gasteiger partial charge in [-0.05, 0) is 48.5 Å². The van der Waals surface area contributed by atoms with Gasteiger partial charge in [0, 0.05) is 23.1 Å². The molecule has 0 unspecified atom stereocenters. The van der Waals surface area contributed by atoms with Crippen LogP contribution in [-0.4, -0.2) is 15.9 Å². The summed E-state index contributed by atoms with van der Waals surface area (Å²) >= 11 is 0. The van der Waals surface area contributed by atoms with Gasteiger partial charge >= 0.3 is 0 Å². The molecule has 0 saturated heterocycles. The average molecular weight is 396 g/mol. The number of H-pyrrole nitrogens is 1. The Morgan fingerprint density at radius 1 is 0.933 bits per heavy atom. The van der Waals surface area contributed by atoms with Gasteiger partial charge in [0.15, 0.2) is 5.58 Å². The molecule has 7 nitrogen and oxygen atoms in total. The molecule has 0 aliphatic heterocycles. The Labute approximate surface area is 170 Å². The van der Waals surface area contributed by atoms with E-state index in [0.29, 0.717) is 33.3 Å². The van der Waals surface area contributed by atoms with Crippen molar-refractivity contribution in [2.24, 2.45) is 0 Å². The number of pyridine rings is 2. The van der Waals surface area contributed by atoms with Gasteiger partial charge in [0.1, 0.15) is 5.65 Å². The SMILES string of the molecule is O=C(Nc1ccc(Nc2ccnc3[nH]c(=O)c4ccoc4c23)cc1)c1ccccc1. The third-order valence-corrected chi connectivity index (χ3v) is 4.78. The van der Waals surface area contributed by atoms with Gasteiger partial charge in [-0.25, -0.2) is 4.98 Å². The van der Waals surface area contributed by atoms with Gasteiger partial charge in [-0.1, -0.05) is 18.2 Å². The number of fused-ring (bicyclic) bond motifs is 3. The van der Waals surface area contributed by atoms with Crippen molar-refractivity contribution >= 4 is 45.0 Å². The predicted octanol–water partition coefficient (Wildman–Crippen LogP) is 4.67. The Balaban J connectivity index is 1.43. The summed E-state index contributed by atoms with van der Waals surface area (Å²) in [6.45, 7) is 0. The zero-order chi connectivity index (χ0) is 20.5. The van der Waals surface area contributed by atoms with Gasteiger partial charge in [-0.3, -0.25) is 9.59 Å². The minimum Gasteiger partial charge on any atom is -0.463 e. The van der Waals surface area contributed by atoms with Crippen LogP contribution in [0, 0.1) is 0 Å². The quantitative estimate of drug-likeness (QED) is 0.410. The number of benzene rings is 2. The number of hydrogen-bond acceptors (Lipinski definition) is 5. The fraction of sp³-hybridized carbons (Fsp3) is 0. The van der Waals surface area contributed by atoms with Crippen LogP contribution in [0.3, 0.4) is 0 Å². The van der Waals surface area contributed by atoms with Crippen molar-refractivity contribution in [3.63, 3.8) is 0 Å². The standard InChI is InChI=1S/C23H16N4O3/c28-22(14-4-2-1-3-5-14)26-16-8-6-15(7-9-16)25-18-10-12-24-21-19(18)20-17(11-13-30-20)23(29)27-21/h1-13H,(H,26,28)(H2,24,25,27,29). The highest BCUT2D eigenvalue weighted by Gasteiger charge is 2.13. The lowest BCUT2D eigenvalue weighted by molar-refractivity contribution is 0.102. The Morgan fingerprint density at radius 2 is 1.70 bits per heavy atom. The molecular weight excluding hydrogens is 380 g/mol. The maximum absolute atomic E-state index is 12.3. The van der Waals surface area contributed by atoms with Crippen LogP contribution in [0.1, 0.15) is 10.4 Å². The molecule has 0 spiro atoms. The highest BCUT2D eigenvalue weighted by molar-refractivity contribution is 6.08. The van der Waals surface area contributed by atoms with Gasteiger partial charge < -0.3 is 20.0 Å². The van der Waals surface area contributed by atoms with Crippen LogP contribution in [-0.2, 0) is 0 Å². The van der Waals surface area contributed by atoms with Gasteiger partial charge in [-0.2, -0.15) is 0 Å². The minimum atomic E-state index is -0.241. The van der Waals surface area contributed by atoms with E-state index in [0.717, 1.165) is 11.4 Å². The zero-order valence-electron chi connectivity index (χ0n) is 15.7. The highest BCUT2D eigenvalue weighted by Crippen LogP contribution is 2.30. The second kappa shape index (κ2) is 7.21. The van der Waals surface area contributed by atoms with Crippen LogP contribution in [0.4, 0.5) is 17.1 Å². The van der Waals surface area contributed by atoms with Gasteiger partial charge in [0.2, 0.25) is 0 Å². The summed E-state index contributed by atoms with van der Waals surface area (Å²) in [6, 6.07) is 19.8. The van der Waals surface area contributed by atoms with E-state index in [1.165, 1.54) is 6.26 Å². The van der Waals surface area contributed by atoms with Crippen LogP contribution in [0.15, 0.2) is 88.4 Å². The van der Waals surface area contributed by atoms with E-state index in [9.17, 15) is 9.59 Å². The minimum absolute atomic E-state index is 0.166. The molecule has 0 atom stereocenters. The second-order valence-corrected chi connectivity index (χ2v) is 6.72. The molecular formula is C23H16N4O3. The number of rotatable bonds is 4. The van der Waals surface area contributed by atoms with Gasteiger partial charge in [0.05, 0.1) is 22.7 Å². The lowest BCUT2D eigenvalue weighted by Crippen LogP contribution is -2.11. The molecule has 5 rings (SSSR count). The predicted molar refractivity (Wildman–Crippen MR) is 116 cm³/mol. The molecule has 146 valence electrons. The van der Waals surface area contributed by atoms with Crippen LogP contribution >= 0.6 is 0 Å². The maximum atomic E-state index is 12.3. The second-order valence-electron chi connectivity index (χ2n) is 6.72. The number of aromatic amines is 1. The summed E-state index contributed by atoms with van der Waals surface area (Å²) in [5.41, 5.74) is 3.53. The largest absolute Gasteiger partial charge is 0.463 e. The molecule has 0 radical (unpaired) electrons. The Morgan fingerprint density at radius 3 is 2.50 bits per heavy atom. The van der Waals surface area contributed by atoms with Crippen molar-refractivity contribution < 1.29 is 9.21 Å². The normalized spacial score (nSPS) is 10.9. The number of anilines is 3. The Bertz CT molecular complexity index is 1420. The van der Waals surface area contributed by atoms with Crippen molar-refractivity contribution in [3.8, 4) is 0 Å². The first-order valence-corrected chi connectivity index (χ1v) is 9.31.